The van der Waals surface area contributed by atoms with Gasteiger partial charge in [-0.25, -0.2) is 4.98 Å². The summed E-state index contributed by atoms with van der Waals surface area (Å²) in [7, 11) is 1.60. The van der Waals surface area contributed by atoms with Crippen LogP contribution in [0.2, 0.25) is 5.02 Å². The second kappa shape index (κ2) is 9.60. The van der Waals surface area contributed by atoms with E-state index < -0.39 is 0 Å². The van der Waals surface area contributed by atoms with Gasteiger partial charge in [-0.3, -0.25) is 4.79 Å². The number of hydrogen-bond donors (Lipinski definition) is 1. The molecule has 0 aliphatic rings. The fraction of sp³-hybridized carbons (Fsp3) is 0.200. The molecule has 0 atom stereocenters. The molecule has 0 aliphatic heterocycles. The third-order valence-corrected chi connectivity index (χ3v) is 5.12. The number of aromatic nitrogens is 1. The lowest BCUT2D eigenvalue weighted by Gasteiger charge is -2.11. The van der Waals surface area contributed by atoms with Crippen LogP contribution in [0.25, 0.3) is 10.8 Å². The first kappa shape index (κ1) is 19.5. The Balaban J connectivity index is 1.66. The first-order chi connectivity index (χ1) is 13.2. The fourth-order valence-electron chi connectivity index (χ4n) is 2.53. The number of thioether (sulfide) groups is 1. The van der Waals surface area contributed by atoms with Gasteiger partial charge in [0, 0.05) is 28.6 Å². The number of anilines is 1. The van der Waals surface area contributed by atoms with Crippen LogP contribution in [0.5, 0.6) is 5.88 Å². The molecule has 5 nitrogen and oxygen atoms in total. The third-order valence-electron chi connectivity index (χ3n) is 3.75. The molecule has 0 spiro atoms. The Morgan fingerprint density at radius 3 is 2.78 bits per heavy atom. The molecule has 2 aromatic carbocycles. The molecule has 27 heavy (non-hydrogen) atoms. The Morgan fingerprint density at radius 1 is 1.15 bits per heavy atom. The number of rotatable bonds is 8. The number of hydrogen-bond acceptors (Lipinski definition) is 5. The van der Waals surface area contributed by atoms with Gasteiger partial charge in [-0.05, 0) is 29.7 Å². The van der Waals surface area contributed by atoms with Crippen molar-refractivity contribution >= 4 is 45.7 Å². The molecule has 7 heteroatoms. The molecule has 0 radical (unpaired) electrons. The Labute approximate surface area is 167 Å². The number of fused-ring (bicyclic) bond motifs is 1. The minimum atomic E-state index is -0.145. The molecule has 0 aliphatic carbocycles. The first-order valence-corrected chi connectivity index (χ1v) is 9.72. The highest BCUT2D eigenvalue weighted by Gasteiger charge is 2.11. The van der Waals surface area contributed by atoms with Gasteiger partial charge in [0.05, 0.1) is 12.4 Å². The molecule has 140 valence electrons. The number of nitrogens with zero attached hydrogens (tertiary/aromatic N) is 1. The zero-order valence-corrected chi connectivity index (χ0v) is 16.3. The van der Waals surface area contributed by atoms with E-state index in [1.807, 2.05) is 36.4 Å². The Hall–Kier alpha value is -2.28. The largest absolute Gasteiger partial charge is 0.474 e. The lowest BCUT2D eigenvalue weighted by molar-refractivity contribution is -0.113. The molecule has 1 heterocycles. The molecule has 3 rings (SSSR count). The SMILES string of the molecule is COCCOc1ncccc1NC(=O)CSc1cccc2cccc(Cl)c12. The van der Waals surface area contributed by atoms with Crippen LogP contribution >= 0.6 is 23.4 Å². The number of ether oxygens (including phenoxy) is 2. The maximum absolute atomic E-state index is 12.4. The van der Waals surface area contributed by atoms with Crippen LogP contribution in [-0.2, 0) is 9.53 Å². The summed E-state index contributed by atoms with van der Waals surface area (Å²) in [4.78, 5) is 17.5. The molecular weight excluding hydrogens is 384 g/mol. The minimum Gasteiger partial charge on any atom is -0.474 e. The van der Waals surface area contributed by atoms with Crippen molar-refractivity contribution in [1.29, 1.82) is 0 Å². The van der Waals surface area contributed by atoms with Gasteiger partial charge < -0.3 is 14.8 Å². The predicted molar refractivity (Wildman–Crippen MR) is 110 cm³/mol. The summed E-state index contributed by atoms with van der Waals surface area (Å²) in [5.74, 6) is 0.478. The number of methoxy groups -OCH3 is 1. The predicted octanol–water partition coefficient (Wildman–Crippen LogP) is 4.64. The highest BCUT2D eigenvalue weighted by molar-refractivity contribution is 8.00. The van der Waals surface area contributed by atoms with Crippen molar-refractivity contribution in [3.8, 4) is 5.88 Å². The van der Waals surface area contributed by atoms with E-state index in [-0.39, 0.29) is 11.7 Å². The van der Waals surface area contributed by atoms with Crippen molar-refractivity contribution in [1.82, 2.24) is 4.98 Å². The summed E-state index contributed by atoms with van der Waals surface area (Å²) in [5, 5.41) is 5.54. The Morgan fingerprint density at radius 2 is 1.96 bits per heavy atom. The van der Waals surface area contributed by atoms with Crippen LogP contribution in [0, 0.1) is 0 Å². The Bertz CT molecular complexity index is 931. The molecule has 1 amide bonds. The van der Waals surface area contributed by atoms with Crippen molar-refractivity contribution in [3.05, 3.63) is 59.8 Å². The number of nitrogens with one attached hydrogen (secondary N) is 1. The lowest BCUT2D eigenvalue weighted by atomic mass is 10.1. The van der Waals surface area contributed by atoms with Crippen LogP contribution < -0.4 is 10.1 Å². The lowest BCUT2D eigenvalue weighted by Crippen LogP contribution is -2.16. The van der Waals surface area contributed by atoms with E-state index in [0.29, 0.717) is 29.8 Å². The fourth-order valence-corrected chi connectivity index (χ4v) is 3.78. The van der Waals surface area contributed by atoms with E-state index in [4.69, 9.17) is 21.1 Å². The van der Waals surface area contributed by atoms with E-state index >= 15 is 0 Å². The first-order valence-electron chi connectivity index (χ1n) is 8.35. The van der Waals surface area contributed by atoms with Gasteiger partial charge in [-0.1, -0.05) is 35.9 Å². The molecule has 0 fully saturated rings. The quantitative estimate of drug-likeness (QED) is 0.439. The van der Waals surface area contributed by atoms with Gasteiger partial charge in [-0.2, -0.15) is 0 Å². The van der Waals surface area contributed by atoms with Crippen molar-refractivity contribution in [3.63, 3.8) is 0 Å². The number of pyridine rings is 1. The number of halogens is 1. The normalized spacial score (nSPS) is 10.7. The number of benzene rings is 2. The van der Waals surface area contributed by atoms with Gasteiger partial charge >= 0.3 is 0 Å². The van der Waals surface area contributed by atoms with Gasteiger partial charge in [0.1, 0.15) is 12.3 Å². The molecule has 0 bridgehead atoms. The number of carbonyl (C=O) groups excluding carboxylic acids is 1. The van der Waals surface area contributed by atoms with Gasteiger partial charge in [-0.15, -0.1) is 11.8 Å². The summed E-state index contributed by atoms with van der Waals surface area (Å²) in [6, 6.07) is 15.2. The maximum Gasteiger partial charge on any atom is 0.237 e. The van der Waals surface area contributed by atoms with E-state index in [1.165, 1.54) is 11.8 Å². The molecule has 3 aromatic rings. The summed E-state index contributed by atoms with van der Waals surface area (Å²) in [5.41, 5.74) is 0.537. The second-order valence-electron chi connectivity index (χ2n) is 5.63. The summed E-state index contributed by atoms with van der Waals surface area (Å²) >= 11 is 7.78. The van der Waals surface area contributed by atoms with Gasteiger partial charge in [0.25, 0.3) is 0 Å². The number of carbonyl (C=O) groups is 1. The van der Waals surface area contributed by atoms with E-state index in [0.717, 1.165) is 15.7 Å². The topological polar surface area (TPSA) is 60.5 Å². The molecular formula is C20H19ClN2O3S. The van der Waals surface area contributed by atoms with Crippen molar-refractivity contribution in [2.24, 2.45) is 0 Å². The zero-order valence-electron chi connectivity index (χ0n) is 14.8. The minimum absolute atomic E-state index is 0.145. The van der Waals surface area contributed by atoms with E-state index in [9.17, 15) is 4.79 Å². The third kappa shape index (κ3) is 5.13. The highest BCUT2D eigenvalue weighted by Crippen LogP contribution is 2.33. The van der Waals surface area contributed by atoms with E-state index in [2.05, 4.69) is 10.3 Å². The molecule has 1 N–H and O–H groups in total. The smallest absolute Gasteiger partial charge is 0.237 e. The Kier molecular flexibility index (Phi) is 6.92. The monoisotopic (exact) mass is 402 g/mol. The van der Waals surface area contributed by atoms with Gasteiger partial charge in [0.2, 0.25) is 11.8 Å². The molecule has 0 saturated heterocycles. The van der Waals surface area contributed by atoms with E-state index in [1.54, 1.807) is 25.4 Å². The summed E-state index contributed by atoms with van der Waals surface area (Å²) in [6.45, 7) is 0.807. The zero-order chi connectivity index (χ0) is 19.1. The summed E-state index contributed by atoms with van der Waals surface area (Å²) in [6.07, 6.45) is 1.62. The van der Waals surface area contributed by atoms with Crippen LogP contribution in [-0.4, -0.2) is 37.0 Å². The van der Waals surface area contributed by atoms with Crippen LogP contribution in [0.1, 0.15) is 0 Å². The van der Waals surface area contributed by atoms with Crippen LogP contribution in [0.4, 0.5) is 5.69 Å². The molecule has 0 unspecified atom stereocenters. The standard InChI is InChI=1S/C20H19ClN2O3S/c1-25-11-12-26-20-16(8-4-10-22-20)23-18(24)13-27-17-9-3-6-14-5-2-7-15(21)19(14)17/h2-10H,11-13H2,1H3,(H,23,24). The van der Waals surface area contributed by atoms with Crippen LogP contribution in [0.3, 0.4) is 0 Å². The second-order valence-corrected chi connectivity index (χ2v) is 7.05. The molecule has 0 saturated carbocycles. The highest BCUT2D eigenvalue weighted by atomic mass is 35.5. The summed E-state index contributed by atoms with van der Waals surface area (Å²) < 4.78 is 10.5. The van der Waals surface area contributed by atoms with Crippen molar-refractivity contribution in [2.75, 3.05) is 31.4 Å². The van der Waals surface area contributed by atoms with Crippen molar-refractivity contribution < 1.29 is 14.3 Å². The average Bonchev–Trinajstić information content (AvgIpc) is 2.68. The molecule has 1 aromatic heterocycles. The van der Waals surface area contributed by atoms with Crippen LogP contribution in [0.15, 0.2) is 59.6 Å². The average molecular weight is 403 g/mol. The van der Waals surface area contributed by atoms with Crippen molar-refractivity contribution in [2.45, 2.75) is 4.90 Å². The van der Waals surface area contributed by atoms with Gasteiger partial charge in [0.15, 0.2) is 0 Å². The number of amides is 1. The maximum atomic E-state index is 12.4.